The summed E-state index contributed by atoms with van der Waals surface area (Å²) in [6, 6.07) is 10.7. The predicted molar refractivity (Wildman–Crippen MR) is 108 cm³/mol. The molecule has 29 heavy (non-hydrogen) atoms. The van der Waals surface area contributed by atoms with Crippen LogP contribution < -0.4 is 15.3 Å². The van der Waals surface area contributed by atoms with Gasteiger partial charge in [0.1, 0.15) is 11.4 Å². The van der Waals surface area contributed by atoms with Crippen molar-refractivity contribution in [3.63, 3.8) is 0 Å². The van der Waals surface area contributed by atoms with Crippen LogP contribution in [0, 0.1) is 24.1 Å². The van der Waals surface area contributed by atoms with Crippen LogP contribution in [-0.4, -0.2) is 27.7 Å². The van der Waals surface area contributed by atoms with E-state index in [1.807, 2.05) is 0 Å². The number of nitriles is 1. The van der Waals surface area contributed by atoms with E-state index >= 15 is 0 Å². The Bertz CT molecular complexity index is 1090. The number of rotatable bonds is 3. The number of nitrogens with one attached hydrogen (secondary N) is 1. The average molecular weight is 412 g/mol. The van der Waals surface area contributed by atoms with Crippen molar-refractivity contribution < 1.29 is 19.2 Å². The number of hydroxylamine groups is 1. The maximum absolute atomic E-state index is 14.4. The predicted octanol–water partition coefficient (Wildman–Crippen LogP) is 3.04. The van der Waals surface area contributed by atoms with Gasteiger partial charge in [-0.05, 0) is 75.0 Å². The lowest BCUT2D eigenvalue weighted by Gasteiger charge is -2.29. The van der Waals surface area contributed by atoms with Crippen molar-refractivity contribution >= 4 is 40.5 Å². The van der Waals surface area contributed by atoms with E-state index in [-0.39, 0.29) is 22.3 Å². The van der Waals surface area contributed by atoms with Gasteiger partial charge >= 0.3 is 0 Å². The Morgan fingerprint density at radius 3 is 2.45 bits per heavy atom. The van der Waals surface area contributed by atoms with Crippen LogP contribution >= 0.6 is 12.2 Å². The molecule has 0 aliphatic carbocycles. The van der Waals surface area contributed by atoms with Crippen LogP contribution in [0.1, 0.15) is 35.3 Å². The summed E-state index contributed by atoms with van der Waals surface area (Å²) in [6.07, 6.45) is 0. The zero-order valence-corrected chi connectivity index (χ0v) is 16.7. The SMILES string of the molecule is Cc1cc(N2C(=O)C(C)(C)N(c3ccc(C(=O)NO)c(F)c3)C2=S)ccc1C#N. The Kier molecular flexibility index (Phi) is 5.09. The molecule has 1 saturated heterocycles. The van der Waals surface area contributed by atoms with Gasteiger partial charge in [0.25, 0.3) is 11.8 Å². The van der Waals surface area contributed by atoms with E-state index in [0.717, 1.165) is 6.07 Å². The summed E-state index contributed by atoms with van der Waals surface area (Å²) in [4.78, 5) is 27.5. The van der Waals surface area contributed by atoms with E-state index in [0.29, 0.717) is 16.8 Å². The lowest BCUT2D eigenvalue weighted by atomic mass is 10.0. The average Bonchev–Trinajstić information content (AvgIpc) is 2.85. The maximum Gasteiger partial charge on any atom is 0.277 e. The Morgan fingerprint density at radius 1 is 1.24 bits per heavy atom. The molecule has 1 aliphatic rings. The van der Waals surface area contributed by atoms with E-state index in [1.54, 1.807) is 39.0 Å². The molecule has 1 fully saturated rings. The molecule has 2 aromatic rings. The third-order valence-corrected chi connectivity index (χ3v) is 5.18. The zero-order valence-electron chi connectivity index (χ0n) is 15.9. The summed E-state index contributed by atoms with van der Waals surface area (Å²) < 4.78 is 14.4. The Hall–Kier alpha value is -3.35. The number of carbonyl (C=O) groups is 2. The van der Waals surface area contributed by atoms with Crippen molar-refractivity contribution in [2.24, 2.45) is 0 Å². The molecule has 2 N–H and O–H groups in total. The number of anilines is 2. The smallest absolute Gasteiger partial charge is 0.277 e. The Labute approximate surface area is 171 Å². The van der Waals surface area contributed by atoms with Crippen molar-refractivity contribution in [1.82, 2.24) is 5.48 Å². The van der Waals surface area contributed by atoms with Crippen LogP contribution in [0.4, 0.5) is 15.8 Å². The number of halogens is 1. The summed E-state index contributed by atoms with van der Waals surface area (Å²) in [7, 11) is 0. The van der Waals surface area contributed by atoms with Gasteiger partial charge in [0.15, 0.2) is 5.11 Å². The molecule has 0 spiro atoms. The van der Waals surface area contributed by atoms with Gasteiger partial charge in [-0.25, -0.2) is 9.87 Å². The highest BCUT2D eigenvalue weighted by molar-refractivity contribution is 7.81. The molecule has 2 amide bonds. The van der Waals surface area contributed by atoms with Gasteiger partial charge in [-0.15, -0.1) is 0 Å². The molecule has 0 saturated carbocycles. The molecular weight excluding hydrogens is 395 g/mol. The van der Waals surface area contributed by atoms with Gasteiger partial charge in [-0.2, -0.15) is 5.26 Å². The minimum atomic E-state index is -1.12. The van der Waals surface area contributed by atoms with Crippen molar-refractivity contribution in [3.05, 3.63) is 58.9 Å². The number of benzene rings is 2. The zero-order chi connectivity index (χ0) is 21.5. The molecule has 148 valence electrons. The number of carbonyl (C=O) groups excluding carboxylic acids is 2. The topological polar surface area (TPSA) is 96.7 Å². The Balaban J connectivity index is 2.06. The molecule has 1 heterocycles. The number of thiocarbonyl (C=S) groups is 1. The monoisotopic (exact) mass is 412 g/mol. The lowest BCUT2D eigenvalue weighted by Crippen LogP contribution is -2.44. The van der Waals surface area contributed by atoms with Crippen molar-refractivity contribution in [3.8, 4) is 6.07 Å². The maximum atomic E-state index is 14.4. The fourth-order valence-corrected chi connectivity index (χ4v) is 3.78. The van der Waals surface area contributed by atoms with Crippen LogP contribution in [0.15, 0.2) is 36.4 Å². The molecular formula is C20H17FN4O3S. The van der Waals surface area contributed by atoms with Gasteiger partial charge in [-0.3, -0.25) is 19.7 Å². The normalized spacial score (nSPS) is 15.4. The highest BCUT2D eigenvalue weighted by atomic mass is 32.1. The third-order valence-electron chi connectivity index (χ3n) is 4.81. The quantitative estimate of drug-likeness (QED) is 0.457. The minimum Gasteiger partial charge on any atom is -0.303 e. The fourth-order valence-electron chi connectivity index (χ4n) is 3.26. The number of hydrogen-bond donors (Lipinski definition) is 2. The van der Waals surface area contributed by atoms with Gasteiger partial charge in [-0.1, -0.05) is 0 Å². The number of nitrogens with zero attached hydrogens (tertiary/aromatic N) is 3. The largest absolute Gasteiger partial charge is 0.303 e. The van der Waals surface area contributed by atoms with Crippen LogP contribution in [0.5, 0.6) is 0 Å². The second-order valence-electron chi connectivity index (χ2n) is 7.03. The molecule has 0 bridgehead atoms. The van der Waals surface area contributed by atoms with Crippen LogP contribution in [-0.2, 0) is 4.79 Å². The van der Waals surface area contributed by atoms with Gasteiger partial charge in [0.2, 0.25) is 0 Å². The first kappa shape index (κ1) is 20.4. The standard InChI is InChI=1S/C20H17FN4O3S/c1-11-8-13(5-4-12(11)10-22)24-18(27)20(2,3)25(19(24)29)14-6-7-15(16(21)9-14)17(26)23-28/h4-9,28H,1-3H3,(H,23,26). The van der Waals surface area contributed by atoms with Crippen molar-refractivity contribution in [1.29, 1.82) is 5.26 Å². The van der Waals surface area contributed by atoms with Gasteiger partial charge in [0, 0.05) is 5.69 Å². The Morgan fingerprint density at radius 2 is 1.90 bits per heavy atom. The number of amides is 2. The summed E-state index contributed by atoms with van der Waals surface area (Å²) in [6.45, 7) is 5.07. The molecule has 0 radical (unpaired) electrons. The summed E-state index contributed by atoms with van der Waals surface area (Å²) in [5.41, 5.74) is 1.89. The van der Waals surface area contributed by atoms with Gasteiger partial charge < -0.3 is 4.90 Å². The summed E-state index contributed by atoms with van der Waals surface area (Å²) in [5.74, 6) is -2.17. The second kappa shape index (κ2) is 7.24. The molecule has 2 aromatic carbocycles. The lowest BCUT2D eigenvalue weighted by molar-refractivity contribution is -0.120. The molecule has 1 aliphatic heterocycles. The van der Waals surface area contributed by atoms with E-state index < -0.39 is 17.3 Å². The fraction of sp³-hybridized carbons (Fsp3) is 0.200. The number of aryl methyl sites for hydroxylation is 1. The van der Waals surface area contributed by atoms with Crippen molar-refractivity contribution in [2.75, 3.05) is 9.80 Å². The van der Waals surface area contributed by atoms with Crippen LogP contribution in [0.3, 0.4) is 0 Å². The minimum absolute atomic E-state index is 0.142. The molecule has 0 aromatic heterocycles. The molecule has 3 rings (SSSR count). The third kappa shape index (κ3) is 3.22. The summed E-state index contributed by atoms with van der Waals surface area (Å²) in [5, 5.41) is 18.0. The second-order valence-corrected chi connectivity index (χ2v) is 7.40. The van der Waals surface area contributed by atoms with Crippen molar-refractivity contribution in [2.45, 2.75) is 26.3 Å². The molecule has 7 nitrogen and oxygen atoms in total. The first-order chi connectivity index (χ1) is 13.6. The van der Waals surface area contributed by atoms with Gasteiger partial charge in [0.05, 0.1) is 22.9 Å². The number of hydrogen-bond acceptors (Lipinski definition) is 5. The molecule has 0 unspecified atom stereocenters. The van der Waals surface area contributed by atoms with E-state index in [2.05, 4.69) is 6.07 Å². The molecule has 0 atom stereocenters. The summed E-state index contributed by atoms with van der Waals surface area (Å²) >= 11 is 5.53. The van der Waals surface area contributed by atoms with Crippen LogP contribution in [0.2, 0.25) is 0 Å². The van der Waals surface area contributed by atoms with Crippen LogP contribution in [0.25, 0.3) is 0 Å². The molecule has 9 heteroatoms. The highest BCUT2D eigenvalue weighted by Gasteiger charge is 2.50. The van der Waals surface area contributed by atoms with E-state index in [1.165, 1.54) is 27.4 Å². The first-order valence-corrected chi connectivity index (χ1v) is 8.97. The van der Waals surface area contributed by atoms with E-state index in [4.69, 9.17) is 22.7 Å². The highest BCUT2D eigenvalue weighted by Crippen LogP contribution is 2.37. The van der Waals surface area contributed by atoms with E-state index in [9.17, 15) is 14.0 Å². The first-order valence-electron chi connectivity index (χ1n) is 8.57.